The maximum absolute atomic E-state index is 13.3. The summed E-state index contributed by atoms with van der Waals surface area (Å²) in [5.41, 5.74) is 0.0857. The Hall–Kier alpha value is -1.76. The zero-order chi connectivity index (χ0) is 18.7. The predicted octanol–water partition coefficient (Wildman–Crippen LogP) is 4.26. The van der Waals surface area contributed by atoms with Crippen LogP contribution in [0.1, 0.15) is 37.0 Å². The number of esters is 1. The van der Waals surface area contributed by atoms with E-state index in [1.807, 2.05) is 24.3 Å². The molecule has 0 saturated carbocycles. The molecule has 1 aliphatic rings. The average Bonchev–Trinajstić information content (AvgIpc) is 2.62. The van der Waals surface area contributed by atoms with Crippen LogP contribution in [0.3, 0.4) is 0 Å². The van der Waals surface area contributed by atoms with Crippen molar-refractivity contribution >= 4 is 21.9 Å². The number of aliphatic hydroxyl groups is 1. The van der Waals surface area contributed by atoms with Crippen molar-refractivity contribution in [1.82, 2.24) is 0 Å². The Labute approximate surface area is 160 Å². The van der Waals surface area contributed by atoms with Gasteiger partial charge in [0.15, 0.2) is 6.10 Å². The minimum atomic E-state index is -1.32. The van der Waals surface area contributed by atoms with Crippen molar-refractivity contribution in [2.24, 2.45) is 0 Å². The van der Waals surface area contributed by atoms with Crippen LogP contribution in [-0.2, 0) is 19.9 Å². The molecular weight excluding hydrogens is 403 g/mol. The van der Waals surface area contributed by atoms with Gasteiger partial charge in [-0.1, -0.05) is 40.2 Å². The molecule has 138 valence electrons. The Morgan fingerprint density at radius 3 is 2.50 bits per heavy atom. The fourth-order valence-corrected chi connectivity index (χ4v) is 3.50. The Kier molecular flexibility index (Phi) is 5.75. The third-order valence-electron chi connectivity index (χ3n) is 4.55. The molecule has 3 rings (SSSR count). The van der Waals surface area contributed by atoms with Crippen molar-refractivity contribution < 1.29 is 23.8 Å². The SMILES string of the molecule is CCOC(=O)[C@@H]1C[C@](O)(c2ccc(F)cc2)C[C@H](c2ccc(Br)cc2)O1. The summed E-state index contributed by atoms with van der Waals surface area (Å²) in [6.45, 7) is 1.95. The maximum atomic E-state index is 13.3. The van der Waals surface area contributed by atoms with Gasteiger partial charge in [-0.3, -0.25) is 0 Å². The van der Waals surface area contributed by atoms with Gasteiger partial charge in [-0.05, 0) is 42.3 Å². The topological polar surface area (TPSA) is 55.8 Å². The number of carbonyl (C=O) groups is 1. The van der Waals surface area contributed by atoms with E-state index in [1.165, 1.54) is 12.1 Å². The van der Waals surface area contributed by atoms with E-state index in [2.05, 4.69) is 15.9 Å². The second-order valence-corrected chi connectivity index (χ2v) is 7.28. The molecule has 1 N–H and O–H groups in total. The zero-order valence-corrected chi connectivity index (χ0v) is 15.9. The molecule has 3 atom stereocenters. The van der Waals surface area contributed by atoms with E-state index in [0.29, 0.717) is 5.56 Å². The molecule has 1 saturated heterocycles. The summed E-state index contributed by atoms with van der Waals surface area (Å²) >= 11 is 3.39. The largest absolute Gasteiger partial charge is 0.464 e. The fraction of sp³-hybridized carbons (Fsp3) is 0.350. The minimum absolute atomic E-state index is 0.0600. The summed E-state index contributed by atoms with van der Waals surface area (Å²) in [6.07, 6.45) is -1.06. The molecule has 4 nitrogen and oxygen atoms in total. The maximum Gasteiger partial charge on any atom is 0.335 e. The van der Waals surface area contributed by atoms with Crippen LogP contribution >= 0.6 is 15.9 Å². The first-order valence-electron chi connectivity index (χ1n) is 8.47. The molecule has 0 spiro atoms. The van der Waals surface area contributed by atoms with Crippen molar-refractivity contribution in [1.29, 1.82) is 0 Å². The highest BCUT2D eigenvalue weighted by Gasteiger charge is 2.44. The molecule has 1 fully saturated rings. The fourth-order valence-electron chi connectivity index (χ4n) is 3.24. The number of benzene rings is 2. The van der Waals surface area contributed by atoms with E-state index in [0.717, 1.165) is 10.0 Å². The predicted molar refractivity (Wildman–Crippen MR) is 97.9 cm³/mol. The Bertz CT molecular complexity index is 762. The summed E-state index contributed by atoms with van der Waals surface area (Å²) in [5.74, 6) is -0.884. The Morgan fingerprint density at radius 2 is 1.88 bits per heavy atom. The number of halogens is 2. The van der Waals surface area contributed by atoms with Crippen molar-refractivity contribution in [2.45, 2.75) is 37.6 Å². The second kappa shape index (κ2) is 7.86. The monoisotopic (exact) mass is 422 g/mol. The van der Waals surface area contributed by atoms with Gasteiger partial charge in [0.25, 0.3) is 0 Å². The third-order valence-corrected chi connectivity index (χ3v) is 5.08. The molecule has 0 bridgehead atoms. The van der Waals surface area contributed by atoms with E-state index in [4.69, 9.17) is 9.47 Å². The summed E-state index contributed by atoms with van der Waals surface area (Å²) in [6, 6.07) is 13.2. The number of carbonyl (C=O) groups excluding carboxylic acids is 1. The molecule has 0 radical (unpaired) electrons. The molecule has 2 aromatic rings. The van der Waals surface area contributed by atoms with Gasteiger partial charge >= 0.3 is 5.97 Å². The number of hydrogen-bond donors (Lipinski definition) is 1. The van der Waals surface area contributed by atoms with Crippen LogP contribution in [0.5, 0.6) is 0 Å². The van der Waals surface area contributed by atoms with Crippen molar-refractivity contribution in [3.05, 3.63) is 69.9 Å². The lowest BCUT2D eigenvalue weighted by Crippen LogP contribution is -2.44. The van der Waals surface area contributed by atoms with Gasteiger partial charge in [-0.2, -0.15) is 0 Å². The van der Waals surface area contributed by atoms with Crippen LogP contribution in [0.4, 0.5) is 4.39 Å². The van der Waals surface area contributed by atoms with E-state index in [9.17, 15) is 14.3 Å². The smallest absolute Gasteiger partial charge is 0.335 e. The van der Waals surface area contributed by atoms with Crippen molar-refractivity contribution in [3.8, 4) is 0 Å². The van der Waals surface area contributed by atoms with Crippen LogP contribution in [0.15, 0.2) is 53.0 Å². The van der Waals surface area contributed by atoms with Crippen molar-refractivity contribution in [3.63, 3.8) is 0 Å². The summed E-state index contributed by atoms with van der Waals surface area (Å²) < 4.78 is 25.2. The van der Waals surface area contributed by atoms with E-state index in [1.54, 1.807) is 19.1 Å². The number of ether oxygens (including phenoxy) is 2. The molecule has 0 amide bonds. The van der Waals surface area contributed by atoms with Gasteiger partial charge in [-0.15, -0.1) is 0 Å². The lowest BCUT2D eigenvalue weighted by Gasteiger charge is -2.41. The summed E-state index contributed by atoms with van der Waals surface area (Å²) in [5, 5.41) is 11.3. The van der Waals surface area contributed by atoms with E-state index in [-0.39, 0.29) is 25.3 Å². The zero-order valence-electron chi connectivity index (χ0n) is 14.3. The molecule has 1 aliphatic heterocycles. The standard InChI is InChI=1S/C20H20BrFO4/c1-2-25-19(23)18-12-20(24,14-5-9-16(22)10-6-14)11-17(26-18)13-3-7-15(21)8-4-13/h3-10,17-18,24H,2,11-12H2,1H3/t17-,18+,20+/m1/s1. The first-order chi connectivity index (χ1) is 12.4. The molecule has 0 aromatic heterocycles. The van der Waals surface area contributed by atoms with Crippen LogP contribution in [0, 0.1) is 5.82 Å². The lowest BCUT2D eigenvalue weighted by atomic mass is 9.79. The van der Waals surface area contributed by atoms with Crippen LogP contribution in [0.2, 0.25) is 0 Å². The van der Waals surface area contributed by atoms with Gasteiger partial charge < -0.3 is 14.6 Å². The van der Waals surface area contributed by atoms with Gasteiger partial charge in [0.2, 0.25) is 0 Å². The molecule has 0 unspecified atom stereocenters. The quantitative estimate of drug-likeness (QED) is 0.747. The molecule has 26 heavy (non-hydrogen) atoms. The minimum Gasteiger partial charge on any atom is -0.464 e. The average molecular weight is 423 g/mol. The molecular formula is C20H20BrFO4. The molecule has 2 aromatic carbocycles. The molecule has 6 heteroatoms. The van der Waals surface area contributed by atoms with Crippen LogP contribution < -0.4 is 0 Å². The summed E-state index contributed by atoms with van der Waals surface area (Å²) in [7, 11) is 0. The number of hydrogen-bond acceptors (Lipinski definition) is 4. The Balaban J connectivity index is 1.94. The van der Waals surface area contributed by atoms with Gasteiger partial charge in [0.1, 0.15) is 5.82 Å². The van der Waals surface area contributed by atoms with E-state index >= 15 is 0 Å². The van der Waals surface area contributed by atoms with E-state index < -0.39 is 23.8 Å². The van der Waals surface area contributed by atoms with Gasteiger partial charge in [0.05, 0.1) is 18.3 Å². The number of rotatable bonds is 4. The second-order valence-electron chi connectivity index (χ2n) is 6.36. The summed E-state index contributed by atoms with van der Waals surface area (Å²) in [4.78, 5) is 12.3. The molecule has 1 heterocycles. The Morgan fingerprint density at radius 1 is 1.23 bits per heavy atom. The van der Waals surface area contributed by atoms with Crippen LogP contribution in [-0.4, -0.2) is 23.8 Å². The normalized spacial score (nSPS) is 25.7. The van der Waals surface area contributed by atoms with Gasteiger partial charge in [0, 0.05) is 17.3 Å². The highest BCUT2D eigenvalue weighted by atomic mass is 79.9. The highest BCUT2D eigenvalue weighted by Crippen LogP contribution is 2.43. The third kappa shape index (κ3) is 4.14. The highest BCUT2D eigenvalue weighted by molar-refractivity contribution is 9.10. The van der Waals surface area contributed by atoms with Crippen LogP contribution in [0.25, 0.3) is 0 Å². The van der Waals surface area contributed by atoms with Crippen molar-refractivity contribution in [2.75, 3.05) is 6.61 Å². The first kappa shape index (κ1) is 19.0. The molecule has 0 aliphatic carbocycles. The lowest BCUT2D eigenvalue weighted by molar-refractivity contribution is -0.187. The first-order valence-corrected chi connectivity index (χ1v) is 9.26. The van der Waals surface area contributed by atoms with Gasteiger partial charge in [-0.25, -0.2) is 9.18 Å².